The number of carbonyl (C=O) groups excluding carboxylic acids is 1. The van der Waals surface area contributed by atoms with Crippen molar-refractivity contribution in [2.24, 2.45) is 0 Å². The first kappa shape index (κ1) is 17.5. The molecule has 6 nitrogen and oxygen atoms in total. The third-order valence-corrected chi connectivity index (χ3v) is 5.73. The van der Waals surface area contributed by atoms with E-state index in [1.807, 2.05) is 5.38 Å². The van der Waals surface area contributed by atoms with E-state index in [4.69, 9.17) is 0 Å². The van der Waals surface area contributed by atoms with Crippen LogP contribution in [0.5, 0.6) is 0 Å². The average molecular weight is 357 g/mol. The largest absolute Gasteiger partial charge is 0.352 e. The summed E-state index contributed by atoms with van der Waals surface area (Å²) in [4.78, 5) is 15.7. The summed E-state index contributed by atoms with van der Waals surface area (Å²) in [6, 6.07) is 3.28. The maximum atomic E-state index is 13.8. The van der Waals surface area contributed by atoms with Crippen molar-refractivity contribution in [2.45, 2.75) is 11.3 Å². The van der Waals surface area contributed by atoms with Crippen LogP contribution < -0.4 is 5.32 Å². The minimum absolute atomic E-state index is 0.0889. The summed E-state index contributed by atoms with van der Waals surface area (Å²) in [6.07, 6.45) is 2.26. The standard InChI is InChI=1S/C14H16FN3O3S2/c1-18(2)23(20,21)12-9-10(3-4-11(12)15)14(19)17-6-5-13-16-7-8-22-13/h3-4,7-9H,5-6H2,1-2H3,(H,17,19). The summed E-state index contributed by atoms with van der Waals surface area (Å²) < 4.78 is 38.8. The third kappa shape index (κ3) is 4.12. The van der Waals surface area contributed by atoms with Gasteiger partial charge in [0.1, 0.15) is 10.7 Å². The van der Waals surface area contributed by atoms with Gasteiger partial charge in [0.15, 0.2) is 0 Å². The molecule has 2 aromatic rings. The molecule has 0 bridgehead atoms. The van der Waals surface area contributed by atoms with E-state index in [0.29, 0.717) is 13.0 Å². The van der Waals surface area contributed by atoms with Gasteiger partial charge in [-0.3, -0.25) is 4.79 Å². The van der Waals surface area contributed by atoms with Crippen LogP contribution in [0.25, 0.3) is 0 Å². The molecule has 0 radical (unpaired) electrons. The molecule has 0 atom stereocenters. The molecule has 1 N–H and O–H groups in total. The Morgan fingerprint density at radius 1 is 1.39 bits per heavy atom. The quantitative estimate of drug-likeness (QED) is 0.850. The predicted molar refractivity (Wildman–Crippen MR) is 85.4 cm³/mol. The summed E-state index contributed by atoms with van der Waals surface area (Å²) in [6.45, 7) is 0.361. The Kier molecular flexibility index (Phi) is 5.45. The highest BCUT2D eigenvalue weighted by atomic mass is 32.2. The van der Waals surface area contributed by atoms with Crippen molar-refractivity contribution in [3.8, 4) is 0 Å². The molecule has 1 amide bonds. The van der Waals surface area contributed by atoms with Gasteiger partial charge in [-0.15, -0.1) is 11.3 Å². The van der Waals surface area contributed by atoms with E-state index >= 15 is 0 Å². The van der Waals surface area contributed by atoms with Gasteiger partial charge in [-0.05, 0) is 18.2 Å². The van der Waals surface area contributed by atoms with Crippen LogP contribution in [0.3, 0.4) is 0 Å². The third-order valence-electron chi connectivity index (χ3n) is 3.06. The highest BCUT2D eigenvalue weighted by Crippen LogP contribution is 2.19. The van der Waals surface area contributed by atoms with E-state index in [1.54, 1.807) is 6.20 Å². The summed E-state index contributed by atoms with van der Waals surface area (Å²) in [5.74, 6) is -1.35. The van der Waals surface area contributed by atoms with Gasteiger partial charge in [-0.25, -0.2) is 22.1 Å². The Morgan fingerprint density at radius 2 is 2.13 bits per heavy atom. The lowest BCUT2D eigenvalue weighted by Gasteiger charge is -2.13. The second-order valence-electron chi connectivity index (χ2n) is 4.86. The van der Waals surface area contributed by atoms with Crippen LogP contribution in [0.15, 0.2) is 34.7 Å². The number of aromatic nitrogens is 1. The monoisotopic (exact) mass is 357 g/mol. The lowest BCUT2D eigenvalue weighted by atomic mass is 10.2. The van der Waals surface area contributed by atoms with Gasteiger partial charge in [0, 0.05) is 44.2 Å². The molecule has 0 spiro atoms. The number of thiazole rings is 1. The van der Waals surface area contributed by atoms with Gasteiger partial charge in [0.25, 0.3) is 5.91 Å². The molecule has 1 aromatic heterocycles. The first-order valence-corrected chi connectivity index (χ1v) is 9.03. The number of nitrogens with one attached hydrogen (secondary N) is 1. The highest BCUT2D eigenvalue weighted by Gasteiger charge is 2.23. The van der Waals surface area contributed by atoms with Gasteiger partial charge in [0.05, 0.1) is 5.01 Å². The second kappa shape index (κ2) is 7.16. The molecule has 0 aliphatic heterocycles. The van der Waals surface area contributed by atoms with E-state index in [0.717, 1.165) is 21.4 Å². The zero-order valence-corrected chi connectivity index (χ0v) is 14.2. The van der Waals surface area contributed by atoms with Gasteiger partial charge >= 0.3 is 0 Å². The zero-order chi connectivity index (χ0) is 17.0. The van der Waals surface area contributed by atoms with Crippen LogP contribution in [0.2, 0.25) is 0 Å². The van der Waals surface area contributed by atoms with Gasteiger partial charge in [0.2, 0.25) is 10.0 Å². The van der Waals surface area contributed by atoms with Crippen LogP contribution in [-0.4, -0.2) is 44.3 Å². The Labute approximate surface area is 138 Å². The molecule has 0 saturated carbocycles. The predicted octanol–water partition coefficient (Wildman–Crippen LogP) is 1.51. The number of carbonyl (C=O) groups is 1. The van der Waals surface area contributed by atoms with E-state index in [9.17, 15) is 17.6 Å². The molecule has 1 aromatic carbocycles. The Morgan fingerprint density at radius 3 is 2.74 bits per heavy atom. The van der Waals surface area contributed by atoms with E-state index < -0.39 is 26.6 Å². The van der Waals surface area contributed by atoms with Crippen LogP contribution >= 0.6 is 11.3 Å². The summed E-state index contributed by atoms with van der Waals surface area (Å²) in [5.41, 5.74) is 0.0889. The molecular formula is C14H16FN3O3S2. The first-order chi connectivity index (χ1) is 10.8. The highest BCUT2D eigenvalue weighted by molar-refractivity contribution is 7.89. The van der Waals surface area contributed by atoms with Crippen LogP contribution in [0, 0.1) is 5.82 Å². The molecule has 0 saturated heterocycles. The van der Waals surface area contributed by atoms with Crippen molar-refractivity contribution in [3.05, 3.63) is 46.2 Å². The molecule has 1 heterocycles. The molecule has 9 heteroatoms. The molecule has 124 valence electrons. The van der Waals surface area contributed by atoms with Crippen molar-refractivity contribution in [1.82, 2.24) is 14.6 Å². The molecular weight excluding hydrogens is 341 g/mol. The normalized spacial score (nSPS) is 11.7. The molecule has 23 heavy (non-hydrogen) atoms. The minimum Gasteiger partial charge on any atom is -0.352 e. The average Bonchev–Trinajstić information content (AvgIpc) is 3.00. The fourth-order valence-electron chi connectivity index (χ4n) is 1.80. The number of benzene rings is 1. The second-order valence-corrected chi connectivity index (χ2v) is 7.96. The summed E-state index contributed by atoms with van der Waals surface area (Å²) >= 11 is 1.48. The number of nitrogens with zero attached hydrogens (tertiary/aromatic N) is 2. The number of sulfonamides is 1. The smallest absolute Gasteiger partial charge is 0.251 e. The van der Waals surface area contributed by atoms with Crippen molar-refractivity contribution in [3.63, 3.8) is 0 Å². The molecule has 0 unspecified atom stereocenters. The van der Waals surface area contributed by atoms with Crippen molar-refractivity contribution < 1.29 is 17.6 Å². The summed E-state index contributed by atoms with van der Waals surface area (Å²) in [5, 5.41) is 5.39. The van der Waals surface area contributed by atoms with Crippen LogP contribution in [0.4, 0.5) is 4.39 Å². The van der Waals surface area contributed by atoms with E-state index in [-0.39, 0.29) is 5.56 Å². The van der Waals surface area contributed by atoms with Crippen molar-refractivity contribution in [1.29, 1.82) is 0 Å². The first-order valence-electron chi connectivity index (χ1n) is 6.71. The number of halogens is 1. The Balaban J connectivity index is 2.12. The van der Waals surface area contributed by atoms with E-state index in [1.165, 1.54) is 31.5 Å². The SMILES string of the molecule is CN(C)S(=O)(=O)c1cc(C(=O)NCCc2nccs2)ccc1F. The zero-order valence-electron chi connectivity index (χ0n) is 12.6. The number of rotatable bonds is 6. The number of amides is 1. The van der Waals surface area contributed by atoms with Gasteiger partial charge in [-0.1, -0.05) is 0 Å². The fraction of sp³-hybridized carbons (Fsp3) is 0.286. The van der Waals surface area contributed by atoms with Crippen LogP contribution in [0.1, 0.15) is 15.4 Å². The van der Waals surface area contributed by atoms with Gasteiger partial charge < -0.3 is 5.32 Å². The maximum absolute atomic E-state index is 13.8. The molecule has 0 aliphatic carbocycles. The lowest BCUT2D eigenvalue weighted by Crippen LogP contribution is -2.27. The minimum atomic E-state index is -3.95. The van der Waals surface area contributed by atoms with Crippen molar-refractivity contribution in [2.75, 3.05) is 20.6 Å². The van der Waals surface area contributed by atoms with Crippen LogP contribution in [-0.2, 0) is 16.4 Å². The van der Waals surface area contributed by atoms with Crippen molar-refractivity contribution >= 4 is 27.3 Å². The molecule has 0 fully saturated rings. The Bertz CT molecular complexity index is 790. The van der Waals surface area contributed by atoms with Gasteiger partial charge in [-0.2, -0.15) is 0 Å². The number of hydrogen-bond donors (Lipinski definition) is 1. The molecule has 0 aliphatic rings. The Hall–Kier alpha value is -1.84. The fourth-order valence-corrected chi connectivity index (χ4v) is 3.40. The van der Waals surface area contributed by atoms with E-state index in [2.05, 4.69) is 10.3 Å². The maximum Gasteiger partial charge on any atom is 0.251 e. The topological polar surface area (TPSA) is 79.4 Å². The number of hydrogen-bond acceptors (Lipinski definition) is 5. The molecule has 2 rings (SSSR count). The lowest BCUT2D eigenvalue weighted by molar-refractivity contribution is 0.0954. The summed E-state index contributed by atoms with van der Waals surface area (Å²) in [7, 11) is -1.35.